The zero-order valence-electron chi connectivity index (χ0n) is 22.8. The topological polar surface area (TPSA) is 52.9 Å². The highest BCUT2D eigenvalue weighted by Gasteiger charge is 2.18. The van der Waals surface area contributed by atoms with Crippen LogP contribution in [0.15, 0.2) is 128 Å². The van der Waals surface area contributed by atoms with Gasteiger partial charge in [0.05, 0.1) is 33.3 Å². The number of rotatable bonds is 3. The highest BCUT2D eigenvalue weighted by molar-refractivity contribution is 6.09. The number of aromatic nitrogens is 6. The lowest BCUT2D eigenvalue weighted by Gasteiger charge is -2.11. The van der Waals surface area contributed by atoms with E-state index in [1.54, 1.807) is 0 Å². The van der Waals surface area contributed by atoms with Crippen molar-refractivity contribution in [3.8, 4) is 22.8 Å². The predicted octanol–water partition coefficient (Wildman–Crippen LogP) is 8.29. The van der Waals surface area contributed by atoms with Crippen LogP contribution >= 0.6 is 0 Å². The van der Waals surface area contributed by atoms with E-state index in [2.05, 4.69) is 147 Å². The van der Waals surface area contributed by atoms with Gasteiger partial charge in [-0.25, -0.2) is 9.97 Å². The van der Waals surface area contributed by atoms with Gasteiger partial charge < -0.3 is 0 Å². The van der Waals surface area contributed by atoms with Crippen LogP contribution in [0.3, 0.4) is 0 Å². The molecule has 0 unspecified atom stereocenters. The van der Waals surface area contributed by atoms with Gasteiger partial charge in [-0.1, -0.05) is 66.7 Å². The minimum Gasteiger partial charge on any atom is -0.294 e. The van der Waals surface area contributed by atoms with Crippen molar-refractivity contribution in [1.29, 1.82) is 0 Å². The Morgan fingerprint density at radius 2 is 1.24 bits per heavy atom. The molecule has 0 amide bonds. The molecule has 0 spiro atoms. The van der Waals surface area contributed by atoms with Gasteiger partial charge in [-0.15, -0.1) is 0 Å². The molecule has 0 atom stereocenters. The molecule has 4 aromatic carbocycles. The quantitative estimate of drug-likeness (QED) is 0.227. The number of nitrogens with zero attached hydrogens (tertiary/aromatic N) is 6. The lowest BCUT2D eigenvalue weighted by Crippen LogP contribution is -1.99. The van der Waals surface area contributed by atoms with Gasteiger partial charge in [0, 0.05) is 28.2 Å². The van der Waals surface area contributed by atoms with E-state index >= 15 is 0 Å². The number of fused-ring (bicyclic) bond motifs is 8. The molecule has 0 aliphatic rings. The van der Waals surface area contributed by atoms with E-state index in [1.807, 2.05) is 6.20 Å². The van der Waals surface area contributed by atoms with Crippen LogP contribution in [-0.4, -0.2) is 28.5 Å². The van der Waals surface area contributed by atoms with Crippen LogP contribution in [-0.2, 0) is 0 Å². The van der Waals surface area contributed by atoms with Crippen molar-refractivity contribution in [3.05, 3.63) is 133 Å². The Kier molecular flexibility index (Phi) is 4.72. The third kappa shape index (κ3) is 3.23. The first-order valence-corrected chi connectivity index (χ1v) is 14.1. The maximum Gasteiger partial charge on any atom is 0.222 e. The van der Waals surface area contributed by atoms with Gasteiger partial charge in [-0.3, -0.25) is 13.5 Å². The fourth-order valence-electron chi connectivity index (χ4n) is 6.32. The summed E-state index contributed by atoms with van der Waals surface area (Å²) in [6, 6.07) is 42.4. The Morgan fingerprint density at radius 3 is 2.02 bits per heavy atom. The van der Waals surface area contributed by atoms with Gasteiger partial charge >= 0.3 is 0 Å². The molecule has 5 heterocycles. The van der Waals surface area contributed by atoms with E-state index < -0.39 is 0 Å². The van der Waals surface area contributed by atoms with Crippen LogP contribution in [0.25, 0.3) is 72.5 Å². The minimum absolute atomic E-state index is 0.742. The van der Waals surface area contributed by atoms with Crippen molar-refractivity contribution < 1.29 is 0 Å². The first-order chi connectivity index (χ1) is 20.7. The molecule has 6 heteroatoms. The number of benzene rings is 4. The van der Waals surface area contributed by atoms with Gasteiger partial charge in [0.2, 0.25) is 5.78 Å². The van der Waals surface area contributed by atoms with Gasteiger partial charge in [-0.05, 0) is 67.1 Å². The molecule has 198 valence electrons. The average molecular weight is 541 g/mol. The van der Waals surface area contributed by atoms with E-state index in [0.717, 1.165) is 67.3 Å². The molecular weight excluding hydrogens is 516 g/mol. The van der Waals surface area contributed by atoms with Crippen LogP contribution in [0.4, 0.5) is 0 Å². The lowest BCUT2D eigenvalue weighted by atomic mass is 10.1. The summed E-state index contributed by atoms with van der Waals surface area (Å²) in [5, 5.41) is 2.45. The Bertz CT molecular complexity index is 2440. The second-order valence-corrected chi connectivity index (χ2v) is 10.7. The van der Waals surface area contributed by atoms with Gasteiger partial charge in [0.15, 0.2) is 5.65 Å². The van der Waals surface area contributed by atoms with Gasteiger partial charge in [-0.2, -0.15) is 4.98 Å². The number of pyridine rings is 2. The molecule has 0 fully saturated rings. The van der Waals surface area contributed by atoms with Crippen molar-refractivity contribution in [2.24, 2.45) is 0 Å². The monoisotopic (exact) mass is 540 g/mol. The van der Waals surface area contributed by atoms with E-state index in [9.17, 15) is 0 Å². The first-order valence-electron chi connectivity index (χ1n) is 14.1. The highest BCUT2D eigenvalue weighted by atomic mass is 15.2. The molecule has 42 heavy (non-hydrogen) atoms. The van der Waals surface area contributed by atoms with E-state index in [4.69, 9.17) is 9.97 Å². The summed E-state index contributed by atoms with van der Waals surface area (Å²) in [7, 11) is 0. The maximum absolute atomic E-state index is 5.20. The number of hydrogen-bond donors (Lipinski definition) is 0. The van der Waals surface area contributed by atoms with Crippen molar-refractivity contribution in [2.45, 2.75) is 6.92 Å². The number of aryl methyl sites for hydroxylation is 1. The third-order valence-electron chi connectivity index (χ3n) is 8.14. The standard InChI is InChI=1S/C36H24N6/c1-23-20-33-35(37-22-23)39-36-40(31-17-6-7-18-32(31)42(33)36)25-11-8-10-24(21-25)28-14-9-19-34(38-28)41-29-15-4-2-12-26(29)27-13-3-5-16-30(27)41/h2-22H,1H3. The molecule has 0 aliphatic heterocycles. The van der Waals surface area contributed by atoms with E-state index in [-0.39, 0.29) is 0 Å². The fraction of sp³-hybridized carbons (Fsp3) is 0.0278. The predicted molar refractivity (Wildman–Crippen MR) is 170 cm³/mol. The molecule has 9 rings (SSSR count). The maximum atomic E-state index is 5.20. The molecule has 6 nitrogen and oxygen atoms in total. The zero-order chi connectivity index (χ0) is 27.8. The van der Waals surface area contributed by atoms with Crippen molar-refractivity contribution in [2.75, 3.05) is 0 Å². The highest BCUT2D eigenvalue weighted by Crippen LogP contribution is 2.33. The first kappa shape index (κ1) is 23.0. The molecule has 0 saturated heterocycles. The minimum atomic E-state index is 0.742. The molecule has 0 bridgehead atoms. The van der Waals surface area contributed by atoms with E-state index in [0.29, 0.717) is 0 Å². The molecule has 5 aromatic heterocycles. The summed E-state index contributed by atoms with van der Waals surface area (Å²) >= 11 is 0. The van der Waals surface area contributed by atoms with Crippen LogP contribution in [0.5, 0.6) is 0 Å². The van der Waals surface area contributed by atoms with Crippen molar-refractivity contribution in [1.82, 2.24) is 28.5 Å². The summed E-state index contributed by atoms with van der Waals surface area (Å²) in [6.45, 7) is 2.06. The van der Waals surface area contributed by atoms with Gasteiger partial charge in [0.25, 0.3) is 0 Å². The van der Waals surface area contributed by atoms with Crippen LogP contribution in [0, 0.1) is 6.92 Å². The Balaban J connectivity index is 1.24. The molecule has 9 aromatic rings. The number of imidazole rings is 2. The van der Waals surface area contributed by atoms with Gasteiger partial charge in [0.1, 0.15) is 5.82 Å². The van der Waals surface area contributed by atoms with Crippen LogP contribution in [0.2, 0.25) is 0 Å². The molecule has 0 aliphatic carbocycles. The smallest absolute Gasteiger partial charge is 0.222 e. The Morgan fingerprint density at radius 1 is 0.548 bits per heavy atom. The van der Waals surface area contributed by atoms with Crippen LogP contribution in [0.1, 0.15) is 5.56 Å². The van der Waals surface area contributed by atoms with Crippen molar-refractivity contribution in [3.63, 3.8) is 0 Å². The summed E-state index contributed by atoms with van der Waals surface area (Å²) in [6.07, 6.45) is 1.87. The summed E-state index contributed by atoms with van der Waals surface area (Å²) in [5.41, 5.74) is 10.3. The largest absolute Gasteiger partial charge is 0.294 e. The molecule has 0 N–H and O–H groups in total. The number of hydrogen-bond acceptors (Lipinski definition) is 3. The van der Waals surface area contributed by atoms with Crippen molar-refractivity contribution >= 4 is 49.8 Å². The number of para-hydroxylation sites is 4. The molecule has 0 radical (unpaired) electrons. The molecule has 0 saturated carbocycles. The average Bonchev–Trinajstić information content (AvgIpc) is 3.68. The zero-order valence-corrected chi connectivity index (χ0v) is 22.8. The Labute approximate surface area is 240 Å². The van der Waals surface area contributed by atoms with Crippen LogP contribution < -0.4 is 0 Å². The van der Waals surface area contributed by atoms with E-state index in [1.165, 1.54) is 10.8 Å². The normalized spacial score (nSPS) is 11.9. The summed E-state index contributed by atoms with van der Waals surface area (Å²) in [4.78, 5) is 14.8. The second-order valence-electron chi connectivity index (χ2n) is 10.7. The Hall–Kier alpha value is -5.75. The third-order valence-corrected chi connectivity index (χ3v) is 8.14. The second kappa shape index (κ2) is 8.62. The fourth-order valence-corrected chi connectivity index (χ4v) is 6.32. The SMILES string of the molecule is Cc1cnc2nc3n(-c4cccc(-c5cccc(-n6c7ccccc7c7ccccc76)n5)c4)c4ccccc4n3c2c1. The summed E-state index contributed by atoms with van der Waals surface area (Å²) in [5.74, 6) is 1.73. The summed E-state index contributed by atoms with van der Waals surface area (Å²) < 4.78 is 6.68. The lowest BCUT2D eigenvalue weighted by molar-refractivity contribution is 1.08. The molecular formula is C36H24N6.